The van der Waals surface area contributed by atoms with E-state index in [-0.39, 0.29) is 11.7 Å². The fourth-order valence-electron chi connectivity index (χ4n) is 1.57. The lowest BCUT2D eigenvalue weighted by molar-refractivity contribution is 0.580. The second-order valence-electron chi connectivity index (χ2n) is 3.85. The summed E-state index contributed by atoms with van der Waals surface area (Å²) in [6.07, 6.45) is 1.68. The Bertz CT molecular complexity index is 559. The maximum atomic E-state index is 13.7. The van der Waals surface area contributed by atoms with Gasteiger partial charge in [0.2, 0.25) is 0 Å². The smallest absolute Gasteiger partial charge is 0.129 e. The standard InChI is InChI=1S/C12H13FN4/c1-8-4-5-16-17(8)7-10-3-2-9(12(14)15)6-11(10)13/h2-6H,7H2,1H3,(H3,14,15). The average Bonchev–Trinajstić information content (AvgIpc) is 2.67. The highest BCUT2D eigenvalue weighted by Gasteiger charge is 2.07. The van der Waals surface area contributed by atoms with Crippen LogP contribution in [0.1, 0.15) is 16.8 Å². The Morgan fingerprint density at radius 1 is 1.47 bits per heavy atom. The zero-order valence-electron chi connectivity index (χ0n) is 9.44. The quantitative estimate of drug-likeness (QED) is 0.624. The summed E-state index contributed by atoms with van der Waals surface area (Å²) in [5.74, 6) is -0.502. The lowest BCUT2D eigenvalue weighted by Gasteiger charge is -2.07. The summed E-state index contributed by atoms with van der Waals surface area (Å²) in [7, 11) is 0. The van der Waals surface area contributed by atoms with Gasteiger partial charge >= 0.3 is 0 Å². The van der Waals surface area contributed by atoms with Gasteiger partial charge in [0.25, 0.3) is 0 Å². The molecule has 3 N–H and O–H groups in total. The fraction of sp³-hybridized carbons (Fsp3) is 0.167. The topological polar surface area (TPSA) is 67.7 Å². The van der Waals surface area contributed by atoms with Crippen LogP contribution in [-0.2, 0) is 6.54 Å². The van der Waals surface area contributed by atoms with Crippen LogP contribution in [0.25, 0.3) is 0 Å². The molecule has 2 aromatic rings. The second kappa shape index (κ2) is 4.37. The number of rotatable bonds is 3. The molecule has 4 nitrogen and oxygen atoms in total. The number of hydrogen-bond donors (Lipinski definition) is 2. The zero-order valence-corrected chi connectivity index (χ0v) is 9.44. The van der Waals surface area contributed by atoms with Crippen LogP contribution in [0.5, 0.6) is 0 Å². The van der Waals surface area contributed by atoms with Crippen LogP contribution in [0.4, 0.5) is 4.39 Å². The summed E-state index contributed by atoms with van der Waals surface area (Å²) in [4.78, 5) is 0. The van der Waals surface area contributed by atoms with Crippen molar-refractivity contribution in [3.8, 4) is 0 Å². The third-order valence-corrected chi connectivity index (χ3v) is 2.61. The number of halogens is 1. The molecular formula is C12H13FN4. The molecule has 0 aliphatic carbocycles. The van der Waals surface area contributed by atoms with E-state index in [2.05, 4.69) is 5.10 Å². The molecule has 88 valence electrons. The molecule has 1 heterocycles. The lowest BCUT2D eigenvalue weighted by Crippen LogP contribution is -2.12. The maximum absolute atomic E-state index is 13.7. The SMILES string of the molecule is Cc1ccnn1Cc1ccc(C(=N)N)cc1F. The minimum absolute atomic E-state index is 0.134. The van der Waals surface area contributed by atoms with Gasteiger partial charge in [-0.1, -0.05) is 12.1 Å². The lowest BCUT2D eigenvalue weighted by atomic mass is 10.1. The molecule has 0 bridgehead atoms. The van der Waals surface area contributed by atoms with Gasteiger partial charge in [0.15, 0.2) is 0 Å². The summed E-state index contributed by atoms with van der Waals surface area (Å²) < 4.78 is 15.5. The molecule has 0 amide bonds. The van der Waals surface area contributed by atoms with Gasteiger partial charge in [-0.05, 0) is 19.1 Å². The summed E-state index contributed by atoms with van der Waals surface area (Å²) in [5, 5.41) is 11.3. The van der Waals surface area contributed by atoms with Gasteiger partial charge in [-0.3, -0.25) is 10.1 Å². The summed E-state index contributed by atoms with van der Waals surface area (Å²) in [6, 6.07) is 6.41. The molecule has 0 unspecified atom stereocenters. The number of aromatic nitrogens is 2. The molecule has 5 heteroatoms. The van der Waals surface area contributed by atoms with Crippen molar-refractivity contribution in [1.82, 2.24) is 9.78 Å². The second-order valence-corrected chi connectivity index (χ2v) is 3.85. The Kier molecular flexibility index (Phi) is 2.91. The first-order chi connectivity index (χ1) is 8.08. The zero-order chi connectivity index (χ0) is 12.4. The Hall–Kier alpha value is -2.17. The van der Waals surface area contributed by atoms with E-state index >= 15 is 0 Å². The van der Waals surface area contributed by atoms with E-state index in [4.69, 9.17) is 11.1 Å². The Labute approximate surface area is 98.4 Å². The normalized spacial score (nSPS) is 10.5. The van der Waals surface area contributed by atoms with E-state index in [1.165, 1.54) is 6.07 Å². The van der Waals surface area contributed by atoms with Gasteiger partial charge in [0, 0.05) is 23.0 Å². The van der Waals surface area contributed by atoms with Crippen molar-refractivity contribution in [3.63, 3.8) is 0 Å². The molecule has 0 saturated heterocycles. The molecule has 0 aliphatic rings. The number of nitrogens with two attached hydrogens (primary N) is 1. The number of hydrogen-bond acceptors (Lipinski definition) is 2. The molecule has 2 rings (SSSR count). The molecule has 1 aromatic heterocycles. The summed E-state index contributed by atoms with van der Waals surface area (Å²) in [5.41, 5.74) is 7.19. The summed E-state index contributed by atoms with van der Waals surface area (Å²) >= 11 is 0. The van der Waals surface area contributed by atoms with E-state index < -0.39 is 0 Å². The average molecular weight is 232 g/mol. The van der Waals surface area contributed by atoms with Crippen LogP contribution in [0.15, 0.2) is 30.5 Å². The van der Waals surface area contributed by atoms with E-state index in [0.717, 1.165) is 5.69 Å². The van der Waals surface area contributed by atoms with Crippen LogP contribution in [0.3, 0.4) is 0 Å². The highest BCUT2D eigenvalue weighted by Crippen LogP contribution is 2.12. The largest absolute Gasteiger partial charge is 0.384 e. The van der Waals surface area contributed by atoms with Crippen LogP contribution < -0.4 is 5.73 Å². The third-order valence-electron chi connectivity index (χ3n) is 2.61. The predicted octanol–water partition coefficient (Wildman–Crippen LogP) is 1.66. The highest BCUT2D eigenvalue weighted by atomic mass is 19.1. The number of nitrogen functional groups attached to an aromatic ring is 1. The molecule has 0 aliphatic heterocycles. The Morgan fingerprint density at radius 2 is 2.24 bits per heavy atom. The van der Waals surface area contributed by atoms with E-state index in [1.807, 2.05) is 13.0 Å². The van der Waals surface area contributed by atoms with Crippen molar-refractivity contribution in [1.29, 1.82) is 5.41 Å². The molecule has 0 spiro atoms. The predicted molar refractivity (Wildman–Crippen MR) is 63.5 cm³/mol. The first-order valence-electron chi connectivity index (χ1n) is 5.19. The monoisotopic (exact) mass is 232 g/mol. The molecule has 0 saturated carbocycles. The van der Waals surface area contributed by atoms with Crippen molar-refractivity contribution in [2.75, 3.05) is 0 Å². The number of nitrogens with zero attached hydrogens (tertiary/aromatic N) is 2. The van der Waals surface area contributed by atoms with Gasteiger partial charge < -0.3 is 5.73 Å². The van der Waals surface area contributed by atoms with Gasteiger partial charge in [0.1, 0.15) is 11.7 Å². The van der Waals surface area contributed by atoms with Gasteiger partial charge in [0.05, 0.1) is 6.54 Å². The molecule has 0 atom stereocenters. The molecule has 0 fully saturated rings. The Morgan fingerprint density at radius 3 is 2.76 bits per heavy atom. The number of amidine groups is 1. The van der Waals surface area contributed by atoms with Gasteiger partial charge in [-0.15, -0.1) is 0 Å². The minimum atomic E-state index is -0.368. The van der Waals surface area contributed by atoms with Crippen LogP contribution in [0.2, 0.25) is 0 Å². The van der Waals surface area contributed by atoms with Crippen molar-refractivity contribution >= 4 is 5.84 Å². The van der Waals surface area contributed by atoms with Crippen molar-refractivity contribution in [3.05, 3.63) is 53.1 Å². The molecule has 17 heavy (non-hydrogen) atoms. The Balaban J connectivity index is 2.29. The van der Waals surface area contributed by atoms with E-state index in [1.54, 1.807) is 23.0 Å². The van der Waals surface area contributed by atoms with E-state index in [0.29, 0.717) is 17.7 Å². The highest BCUT2D eigenvalue weighted by molar-refractivity contribution is 5.94. The first-order valence-corrected chi connectivity index (χ1v) is 5.19. The van der Waals surface area contributed by atoms with Gasteiger partial charge in [-0.2, -0.15) is 5.10 Å². The van der Waals surface area contributed by atoms with Gasteiger partial charge in [-0.25, -0.2) is 4.39 Å². The van der Waals surface area contributed by atoms with Crippen molar-refractivity contribution < 1.29 is 4.39 Å². The number of aryl methyl sites for hydroxylation is 1. The number of nitrogens with one attached hydrogen (secondary N) is 1. The molecular weight excluding hydrogens is 219 g/mol. The number of benzene rings is 1. The molecule has 1 aromatic carbocycles. The van der Waals surface area contributed by atoms with Crippen LogP contribution in [-0.4, -0.2) is 15.6 Å². The van der Waals surface area contributed by atoms with Crippen molar-refractivity contribution in [2.45, 2.75) is 13.5 Å². The van der Waals surface area contributed by atoms with Crippen molar-refractivity contribution in [2.24, 2.45) is 5.73 Å². The third kappa shape index (κ3) is 2.33. The van der Waals surface area contributed by atoms with Crippen LogP contribution in [0, 0.1) is 18.2 Å². The van der Waals surface area contributed by atoms with Crippen LogP contribution >= 0.6 is 0 Å². The fourth-order valence-corrected chi connectivity index (χ4v) is 1.57. The summed E-state index contributed by atoms with van der Waals surface area (Å²) in [6.45, 7) is 2.29. The minimum Gasteiger partial charge on any atom is -0.384 e. The maximum Gasteiger partial charge on any atom is 0.129 e. The van der Waals surface area contributed by atoms with E-state index in [9.17, 15) is 4.39 Å². The first kappa shape index (κ1) is 11.3. The molecule has 0 radical (unpaired) electrons.